The van der Waals surface area contributed by atoms with Crippen molar-refractivity contribution < 1.29 is 4.79 Å². The van der Waals surface area contributed by atoms with Gasteiger partial charge in [0, 0.05) is 23.2 Å². The number of anilines is 2. The molecule has 5 rings (SSSR count). The van der Waals surface area contributed by atoms with Crippen molar-refractivity contribution >= 4 is 28.4 Å². The molecule has 1 amide bonds. The molecule has 33 heavy (non-hydrogen) atoms. The molecule has 0 unspecified atom stereocenters. The number of benzene rings is 1. The number of carbonyl (C=O) groups is 1. The number of rotatable bonds is 5. The van der Waals surface area contributed by atoms with Crippen LogP contribution in [-0.4, -0.2) is 26.9 Å². The molecule has 0 saturated heterocycles. The number of aromatic nitrogens is 3. The summed E-state index contributed by atoms with van der Waals surface area (Å²) >= 11 is 0. The molecule has 6 heteroatoms. The molecule has 2 aliphatic carbocycles. The highest BCUT2D eigenvalue weighted by Crippen LogP contribution is 2.27. The molecular formula is C27H35N5O. The highest BCUT2D eigenvalue weighted by molar-refractivity contribution is 5.94. The lowest BCUT2D eigenvalue weighted by atomic mass is 9.99. The lowest BCUT2D eigenvalue weighted by molar-refractivity contribution is -0.120. The van der Waals surface area contributed by atoms with Crippen molar-refractivity contribution in [3.8, 4) is 11.4 Å². The number of aromatic amines is 1. The Balaban J connectivity index is 1.25. The lowest BCUT2D eigenvalue weighted by Gasteiger charge is -2.17. The van der Waals surface area contributed by atoms with E-state index in [4.69, 9.17) is 0 Å². The number of imidazole rings is 1. The largest absolute Gasteiger partial charge is 0.382 e. The number of hydrogen-bond acceptors (Lipinski definition) is 4. The fourth-order valence-electron chi connectivity index (χ4n) is 5.27. The topological polar surface area (TPSA) is 82.7 Å². The van der Waals surface area contributed by atoms with E-state index in [2.05, 4.69) is 49.9 Å². The summed E-state index contributed by atoms with van der Waals surface area (Å²) in [7, 11) is 0. The van der Waals surface area contributed by atoms with E-state index in [0.717, 1.165) is 48.3 Å². The molecule has 0 atom stereocenters. The van der Waals surface area contributed by atoms with E-state index in [9.17, 15) is 4.79 Å². The average Bonchev–Trinajstić information content (AvgIpc) is 3.01. The zero-order valence-corrected chi connectivity index (χ0v) is 19.4. The second-order valence-electron chi connectivity index (χ2n) is 9.77. The standard InChI is InChI=1S/C27H35N5O/c33-27(20-9-5-1-2-6-10-20)30-23-17-24-26(28-18-23)32-25(31-24)19-13-15-22(16-14-19)29-21-11-7-3-4-8-12-21/h13-18,20-21,29H,1-12H2,(H,30,33)(H,28,31,32). The number of hydrogen-bond donors (Lipinski definition) is 3. The van der Waals surface area contributed by atoms with Crippen LogP contribution in [0.25, 0.3) is 22.6 Å². The highest BCUT2D eigenvalue weighted by Gasteiger charge is 2.20. The molecule has 2 heterocycles. The zero-order chi connectivity index (χ0) is 22.5. The number of H-pyrrole nitrogens is 1. The number of nitrogens with one attached hydrogen (secondary N) is 3. The number of pyridine rings is 1. The molecule has 0 bridgehead atoms. The molecule has 2 aliphatic rings. The molecule has 6 nitrogen and oxygen atoms in total. The molecule has 0 aliphatic heterocycles. The van der Waals surface area contributed by atoms with Gasteiger partial charge >= 0.3 is 0 Å². The van der Waals surface area contributed by atoms with E-state index in [1.807, 2.05) is 6.07 Å². The Bertz CT molecular complexity index is 1060. The van der Waals surface area contributed by atoms with Gasteiger partial charge in [-0.3, -0.25) is 4.79 Å². The summed E-state index contributed by atoms with van der Waals surface area (Å²) in [6.07, 6.45) is 16.4. The second-order valence-corrected chi connectivity index (χ2v) is 9.77. The Labute approximate surface area is 196 Å². The van der Waals surface area contributed by atoms with Gasteiger partial charge in [-0.25, -0.2) is 9.97 Å². The molecular weight excluding hydrogens is 410 g/mol. The molecule has 1 aromatic carbocycles. The van der Waals surface area contributed by atoms with Gasteiger partial charge in [0.25, 0.3) is 0 Å². The molecule has 0 spiro atoms. The first-order chi connectivity index (χ1) is 16.2. The number of amides is 1. The maximum Gasteiger partial charge on any atom is 0.227 e. The van der Waals surface area contributed by atoms with Gasteiger partial charge in [-0.1, -0.05) is 51.4 Å². The van der Waals surface area contributed by atoms with Crippen LogP contribution < -0.4 is 10.6 Å². The molecule has 2 saturated carbocycles. The predicted octanol–water partition coefficient (Wildman–Crippen LogP) is 6.67. The fraction of sp³-hybridized carbons (Fsp3) is 0.519. The van der Waals surface area contributed by atoms with Gasteiger partial charge in [0.05, 0.1) is 17.4 Å². The summed E-state index contributed by atoms with van der Waals surface area (Å²) < 4.78 is 0. The quantitative estimate of drug-likeness (QED) is 0.383. The molecule has 3 N–H and O–H groups in total. The minimum Gasteiger partial charge on any atom is -0.382 e. The summed E-state index contributed by atoms with van der Waals surface area (Å²) in [5, 5.41) is 6.77. The van der Waals surface area contributed by atoms with Gasteiger partial charge in [-0.05, 0) is 56.0 Å². The normalized spacial score (nSPS) is 18.5. The second kappa shape index (κ2) is 10.4. The Morgan fingerprint density at radius 2 is 1.52 bits per heavy atom. The molecule has 2 aromatic heterocycles. The summed E-state index contributed by atoms with van der Waals surface area (Å²) in [6.45, 7) is 0. The SMILES string of the molecule is O=C(Nc1cnc2nc(-c3ccc(NC4CCCCCC4)cc3)[nH]c2c1)C1CCCCCC1. The van der Waals surface area contributed by atoms with Gasteiger partial charge in [-0.2, -0.15) is 0 Å². The van der Waals surface area contributed by atoms with E-state index in [-0.39, 0.29) is 11.8 Å². The molecule has 0 radical (unpaired) electrons. The van der Waals surface area contributed by atoms with Crippen LogP contribution in [-0.2, 0) is 4.79 Å². The van der Waals surface area contributed by atoms with Crippen LogP contribution in [0.2, 0.25) is 0 Å². The van der Waals surface area contributed by atoms with Crippen LogP contribution in [0.15, 0.2) is 36.5 Å². The van der Waals surface area contributed by atoms with Crippen LogP contribution in [0, 0.1) is 5.92 Å². The third-order valence-corrected chi connectivity index (χ3v) is 7.22. The lowest BCUT2D eigenvalue weighted by Crippen LogP contribution is -2.22. The minimum atomic E-state index is 0.116. The van der Waals surface area contributed by atoms with Crippen LogP contribution in [0.4, 0.5) is 11.4 Å². The molecule has 174 valence electrons. The van der Waals surface area contributed by atoms with Gasteiger partial charge in [0.2, 0.25) is 5.91 Å². The van der Waals surface area contributed by atoms with E-state index in [0.29, 0.717) is 11.7 Å². The third kappa shape index (κ3) is 5.55. The van der Waals surface area contributed by atoms with Crippen LogP contribution in [0.5, 0.6) is 0 Å². The third-order valence-electron chi connectivity index (χ3n) is 7.22. The van der Waals surface area contributed by atoms with Crippen LogP contribution >= 0.6 is 0 Å². The van der Waals surface area contributed by atoms with Crippen molar-refractivity contribution in [3.63, 3.8) is 0 Å². The van der Waals surface area contributed by atoms with Gasteiger partial charge in [0.15, 0.2) is 5.65 Å². The van der Waals surface area contributed by atoms with E-state index < -0.39 is 0 Å². The van der Waals surface area contributed by atoms with Gasteiger partial charge < -0.3 is 15.6 Å². The Morgan fingerprint density at radius 3 is 2.21 bits per heavy atom. The van der Waals surface area contributed by atoms with Crippen LogP contribution in [0.1, 0.15) is 77.0 Å². The summed E-state index contributed by atoms with van der Waals surface area (Å²) in [4.78, 5) is 25.2. The average molecular weight is 446 g/mol. The summed E-state index contributed by atoms with van der Waals surface area (Å²) in [5.41, 5.74) is 4.43. The highest BCUT2D eigenvalue weighted by atomic mass is 16.1. The number of fused-ring (bicyclic) bond motifs is 1. The first-order valence-electron chi connectivity index (χ1n) is 12.8. The maximum atomic E-state index is 12.7. The smallest absolute Gasteiger partial charge is 0.227 e. The van der Waals surface area contributed by atoms with Gasteiger partial charge in [-0.15, -0.1) is 0 Å². The van der Waals surface area contributed by atoms with E-state index >= 15 is 0 Å². The Morgan fingerprint density at radius 1 is 0.848 bits per heavy atom. The molecule has 3 aromatic rings. The van der Waals surface area contributed by atoms with Crippen molar-refractivity contribution in [2.24, 2.45) is 5.92 Å². The van der Waals surface area contributed by atoms with Gasteiger partial charge in [0.1, 0.15) is 5.82 Å². The van der Waals surface area contributed by atoms with Crippen molar-refractivity contribution in [2.75, 3.05) is 10.6 Å². The van der Waals surface area contributed by atoms with Crippen LogP contribution in [0.3, 0.4) is 0 Å². The monoisotopic (exact) mass is 445 g/mol. The summed E-state index contributed by atoms with van der Waals surface area (Å²) in [5.74, 6) is 1.03. The first kappa shape index (κ1) is 21.9. The Hall–Kier alpha value is -2.89. The summed E-state index contributed by atoms with van der Waals surface area (Å²) in [6, 6.07) is 11.0. The van der Waals surface area contributed by atoms with Crippen molar-refractivity contribution in [2.45, 2.75) is 83.1 Å². The van der Waals surface area contributed by atoms with E-state index in [1.54, 1.807) is 6.20 Å². The Kier molecular flexibility index (Phi) is 6.89. The van der Waals surface area contributed by atoms with Crippen molar-refractivity contribution in [1.82, 2.24) is 15.0 Å². The first-order valence-corrected chi connectivity index (χ1v) is 12.8. The maximum absolute atomic E-state index is 12.7. The zero-order valence-electron chi connectivity index (χ0n) is 19.4. The predicted molar refractivity (Wildman–Crippen MR) is 134 cm³/mol. The minimum absolute atomic E-state index is 0.116. The molecule has 2 fully saturated rings. The van der Waals surface area contributed by atoms with Crippen molar-refractivity contribution in [3.05, 3.63) is 36.5 Å². The number of carbonyl (C=O) groups excluding carboxylic acids is 1. The number of nitrogens with zero attached hydrogens (tertiary/aromatic N) is 2. The van der Waals surface area contributed by atoms with E-state index in [1.165, 1.54) is 57.1 Å². The fourth-order valence-corrected chi connectivity index (χ4v) is 5.27. The van der Waals surface area contributed by atoms with Crippen molar-refractivity contribution in [1.29, 1.82) is 0 Å².